The molecular formula is C25H24Cl2N4O5. The van der Waals surface area contributed by atoms with E-state index in [4.69, 9.17) is 30.5 Å². The van der Waals surface area contributed by atoms with Crippen LogP contribution in [0.2, 0.25) is 5.02 Å². The molecule has 0 aliphatic rings. The van der Waals surface area contributed by atoms with Gasteiger partial charge in [0, 0.05) is 22.7 Å². The molecular weight excluding hydrogens is 507 g/mol. The Bertz CT molecular complexity index is 1400. The number of carbonyl (C=O) groups is 1. The van der Waals surface area contributed by atoms with Crippen LogP contribution in [-0.2, 0) is 0 Å². The third-order valence-electron chi connectivity index (χ3n) is 5.26. The van der Waals surface area contributed by atoms with Gasteiger partial charge in [-0.3, -0.25) is 4.79 Å². The fourth-order valence-electron chi connectivity index (χ4n) is 3.49. The maximum atomic E-state index is 12.9. The summed E-state index contributed by atoms with van der Waals surface area (Å²) in [6.45, 7) is 0. The van der Waals surface area contributed by atoms with Crippen LogP contribution in [0.25, 0.3) is 10.9 Å². The molecule has 0 saturated heterocycles. The first-order valence-corrected chi connectivity index (χ1v) is 10.8. The lowest BCUT2D eigenvalue weighted by Crippen LogP contribution is -2.12. The molecule has 4 rings (SSSR count). The van der Waals surface area contributed by atoms with E-state index in [2.05, 4.69) is 20.6 Å². The molecule has 3 aromatic carbocycles. The van der Waals surface area contributed by atoms with Gasteiger partial charge in [-0.2, -0.15) is 0 Å². The maximum absolute atomic E-state index is 12.9. The Labute approximate surface area is 219 Å². The number of benzene rings is 3. The number of rotatable bonds is 8. The van der Waals surface area contributed by atoms with Crippen molar-refractivity contribution in [2.75, 3.05) is 39.1 Å². The van der Waals surface area contributed by atoms with Gasteiger partial charge in [0.2, 0.25) is 0 Å². The minimum absolute atomic E-state index is 0. The second kappa shape index (κ2) is 11.7. The Morgan fingerprint density at radius 2 is 1.47 bits per heavy atom. The second-order valence-electron chi connectivity index (χ2n) is 7.29. The minimum atomic E-state index is -0.352. The second-order valence-corrected chi connectivity index (χ2v) is 7.70. The lowest BCUT2D eigenvalue weighted by molar-refractivity contribution is 0.102. The van der Waals surface area contributed by atoms with Crippen molar-refractivity contribution in [3.05, 3.63) is 65.4 Å². The molecule has 0 fully saturated rings. The van der Waals surface area contributed by atoms with Crippen molar-refractivity contribution >= 4 is 58.0 Å². The molecule has 4 aromatic rings. The van der Waals surface area contributed by atoms with Gasteiger partial charge in [-0.15, -0.1) is 12.4 Å². The van der Waals surface area contributed by atoms with Crippen LogP contribution < -0.4 is 29.6 Å². The average Bonchev–Trinajstić information content (AvgIpc) is 2.89. The lowest BCUT2D eigenvalue weighted by Gasteiger charge is -2.14. The molecule has 0 radical (unpaired) electrons. The van der Waals surface area contributed by atoms with Gasteiger partial charge in [0.15, 0.2) is 23.0 Å². The number of nitrogens with one attached hydrogen (secondary N) is 2. The fourth-order valence-corrected chi connectivity index (χ4v) is 3.65. The molecule has 0 spiro atoms. The average molecular weight is 531 g/mol. The van der Waals surface area contributed by atoms with Crippen LogP contribution in [-0.4, -0.2) is 44.3 Å². The van der Waals surface area contributed by atoms with E-state index in [9.17, 15) is 4.79 Å². The number of ether oxygens (including phenoxy) is 4. The summed E-state index contributed by atoms with van der Waals surface area (Å²) in [5, 5.41) is 7.20. The number of hydrogen-bond acceptors (Lipinski definition) is 8. The van der Waals surface area contributed by atoms with E-state index < -0.39 is 0 Å². The summed E-state index contributed by atoms with van der Waals surface area (Å²) in [5.41, 5.74) is 2.15. The largest absolute Gasteiger partial charge is 0.493 e. The first kappa shape index (κ1) is 26.7. The van der Waals surface area contributed by atoms with Crippen LogP contribution in [0.15, 0.2) is 54.9 Å². The molecule has 1 heterocycles. The van der Waals surface area contributed by atoms with E-state index >= 15 is 0 Å². The number of methoxy groups -OCH3 is 4. The summed E-state index contributed by atoms with van der Waals surface area (Å²) in [6, 6.07) is 13.7. The van der Waals surface area contributed by atoms with Gasteiger partial charge >= 0.3 is 0 Å². The van der Waals surface area contributed by atoms with Gasteiger partial charge in [0.1, 0.15) is 12.1 Å². The van der Waals surface area contributed by atoms with Crippen molar-refractivity contribution in [2.45, 2.75) is 0 Å². The molecule has 0 atom stereocenters. The number of amides is 1. The topological polar surface area (TPSA) is 104 Å². The summed E-state index contributed by atoms with van der Waals surface area (Å²) in [7, 11) is 6.17. The smallest absolute Gasteiger partial charge is 0.255 e. The Morgan fingerprint density at radius 3 is 2.17 bits per heavy atom. The summed E-state index contributed by atoms with van der Waals surface area (Å²) in [5.74, 6) is 2.29. The quantitative estimate of drug-likeness (QED) is 0.297. The van der Waals surface area contributed by atoms with Gasteiger partial charge < -0.3 is 29.6 Å². The molecule has 0 saturated carbocycles. The zero-order chi connectivity index (χ0) is 24.9. The molecule has 188 valence electrons. The highest BCUT2D eigenvalue weighted by molar-refractivity contribution is 6.34. The highest BCUT2D eigenvalue weighted by Gasteiger charge is 2.15. The van der Waals surface area contributed by atoms with Crippen molar-refractivity contribution in [3.8, 4) is 23.0 Å². The third kappa shape index (κ3) is 5.48. The van der Waals surface area contributed by atoms with Crippen LogP contribution in [0.3, 0.4) is 0 Å². The van der Waals surface area contributed by atoms with Crippen molar-refractivity contribution < 1.29 is 23.7 Å². The molecule has 36 heavy (non-hydrogen) atoms. The number of aromatic nitrogens is 2. The highest BCUT2D eigenvalue weighted by Crippen LogP contribution is 2.35. The Hall–Kier alpha value is -3.95. The molecule has 1 aromatic heterocycles. The fraction of sp³-hybridized carbons (Fsp3) is 0.160. The number of hydrogen-bond donors (Lipinski definition) is 2. The predicted molar refractivity (Wildman–Crippen MR) is 142 cm³/mol. The van der Waals surface area contributed by atoms with Crippen molar-refractivity contribution in [3.63, 3.8) is 0 Å². The summed E-state index contributed by atoms with van der Waals surface area (Å²) in [6.07, 6.45) is 1.45. The zero-order valence-corrected chi connectivity index (χ0v) is 21.5. The molecule has 9 nitrogen and oxygen atoms in total. The van der Waals surface area contributed by atoms with E-state index in [1.54, 1.807) is 62.8 Å². The molecule has 2 N–H and O–H groups in total. The van der Waals surface area contributed by atoms with Gasteiger partial charge in [-0.05, 0) is 42.5 Å². The maximum Gasteiger partial charge on any atom is 0.255 e. The molecule has 11 heteroatoms. The van der Waals surface area contributed by atoms with Crippen LogP contribution in [0.1, 0.15) is 10.4 Å². The van der Waals surface area contributed by atoms with Gasteiger partial charge in [0.25, 0.3) is 5.91 Å². The highest BCUT2D eigenvalue weighted by atomic mass is 35.5. The standard InChI is InChI=1S/C25H23ClN4O5.ClH/c1-32-20-8-5-14(9-21(20)33-2)25(31)30-19-10-15(6-7-17(19)26)29-24-16-11-22(34-3)23(35-4)12-18(16)27-13-28-24;/h5-13H,1-4H3,(H,30,31)(H,27,28,29);1H. The van der Waals surface area contributed by atoms with Crippen LogP contribution in [0, 0.1) is 0 Å². The van der Waals surface area contributed by atoms with Gasteiger partial charge in [-0.1, -0.05) is 11.6 Å². The first-order valence-electron chi connectivity index (χ1n) is 10.4. The first-order chi connectivity index (χ1) is 17.0. The van der Waals surface area contributed by atoms with Crippen molar-refractivity contribution in [1.82, 2.24) is 9.97 Å². The van der Waals surface area contributed by atoms with E-state index in [0.717, 1.165) is 5.39 Å². The Morgan fingerprint density at radius 1 is 0.806 bits per heavy atom. The van der Waals surface area contributed by atoms with E-state index in [0.29, 0.717) is 56.3 Å². The normalized spacial score (nSPS) is 10.2. The predicted octanol–water partition coefficient (Wildman–Crippen LogP) is 5.74. The molecule has 0 bridgehead atoms. The lowest BCUT2D eigenvalue weighted by atomic mass is 10.1. The summed E-state index contributed by atoms with van der Waals surface area (Å²) >= 11 is 6.36. The van der Waals surface area contributed by atoms with Gasteiger partial charge in [0.05, 0.1) is 44.7 Å². The monoisotopic (exact) mass is 530 g/mol. The van der Waals surface area contributed by atoms with Crippen LogP contribution >= 0.6 is 24.0 Å². The van der Waals surface area contributed by atoms with Gasteiger partial charge in [-0.25, -0.2) is 9.97 Å². The zero-order valence-electron chi connectivity index (χ0n) is 19.9. The van der Waals surface area contributed by atoms with E-state index in [1.807, 2.05) is 0 Å². The molecule has 1 amide bonds. The number of halogens is 2. The third-order valence-corrected chi connectivity index (χ3v) is 5.59. The number of nitrogens with zero attached hydrogens (tertiary/aromatic N) is 2. The number of fused-ring (bicyclic) bond motifs is 1. The SMILES string of the molecule is COc1ccc(C(=O)Nc2cc(Nc3ncnc4cc(OC)c(OC)cc34)ccc2Cl)cc1OC.Cl. The summed E-state index contributed by atoms with van der Waals surface area (Å²) < 4.78 is 21.3. The number of carbonyl (C=O) groups excluding carboxylic acids is 1. The number of anilines is 3. The Balaban J connectivity index is 0.00000361. The van der Waals surface area contributed by atoms with E-state index in [1.165, 1.54) is 20.5 Å². The van der Waals surface area contributed by atoms with Crippen molar-refractivity contribution in [2.24, 2.45) is 0 Å². The van der Waals surface area contributed by atoms with E-state index in [-0.39, 0.29) is 18.3 Å². The minimum Gasteiger partial charge on any atom is -0.493 e. The van der Waals surface area contributed by atoms with Crippen LogP contribution in [0.4, 0.5) is 17.2 Å². The summed E-state index contributed by atoms with van der Waals surface area (Å²) in [4.78, 5) is 21.6. The van der Waals surface area contributed by atoms with Crippen LogP contribution in [0.5, 0.6) is 23.0 Å². The molecule has 0 aliphatic heterocycles. The molecule has 0 aliphatic carbocycles. The molecule has 0 unspecified atom stereocenters. The Kier molecular flexibility index (Phi) is 8.63. The van der Waals surface area contributed by atoms with Crippen molar-refractivity contribution in [1.29, 1.82) is 0 Å².